The van der Waals surface area contributed by atoms with Gasteiger partial charge in [-0.25, -0.2) is 15.0 Å². The van der Waals surface area contributed by atoms with Crippen LogP contribution in [0, 0.1) is 11.8 Å². The molecule has 0 aromatic carbocycles. The number of rotatable bonds is 3. The Kier molecular flexibility index (Phi) is 2.59. The smallest absolute Gasteiger partial charge is 0.163 e. The van der Waals surface area contributed by atoms with Gasteiger partial charge < -0.3 is 9.67 Å². The van der Waals surface area contributed by atoms with Crippen molar-refractivity contribution < 1.29 is 9.50 Å². The van der Waals surface area contributed by atoms with E-state index in [1.807, 2.05) is 4.57 Å². The molecule has 0 aliphatic heterocycles. The minimum absolute atomic E-state index is 0.0640. The van der Waals surface area contributed by atoms with Gasteiger partial charge in [0.15, 0.2) is 5.65 Å². The van der Waals surface area contributed by atoms with Crippen molar-refractivity contribution in [3.05, 3.63) is 31.0 Å². The van der Waals surface area contributed by atoms with E-state index in [-0.39, 0.29) is 24.5 Å². The summed E-state index contributed by atoms with van der Waals surface area (Å²) in [5, 5.41) is 9.21. The lowest BCUT2D eigenvalue weighted by Gasteiger charge is -2.45. The van der Waals surface area contributed by atoms with Crippen molar-refractivity contribution in [2.24, 2.45) is 11.8 Å². The summed E-state index contributed by atoms with van der Waals surface area (Å²) in [6, 6.07) is -0.174. The Morgan fingerprint density at radius 2 is 2.28 bits per heavy atom. The molecule has 18 heavy (non-hydrogen) atoms. The number of aliphatic hydroxyl groups excluding tert-OH is 1. The van der Waals surface area contributed by atoms with Gasteiger partial charge in [0.25, 0.3) is 0 Å². The van der Waals surface area contributed by atoms with E-state index in [2.05, 4.69) is 21.5 Å². The van der Waals surface area contributed by atoms with Crippen LogP contribution in [0.25, 0.3) is 11.2 Å². The first-order chi connectivity index (χ1) is 8.77. The van der Waals surface area contributed by atoms with Crippen LogP contribution in [-0.2, 0) is 0 Å². The largest absolute Gasteiger partial charge is 0.396 e. The van der Waals surface area contributed by atoms with Gasteiger partial charge in [-0.05, 0) is 5.57 Å². The molecule has 1 saturated carbocycles. The quantitative estimate of drug-likeness (QED) is 0.827. The van der Waals surface area contributed by atoms with Crippen LogP contribution in [0.2, 0.25) is 0 Å². The predicted octanol–water partition coefficient (Wildman–Crippen LogP) is 1.13. The molecule has 94 valence electrons. The van der Waals surface area contributed by atoms with Crippen LogP contribution in [0.4, 0.5) is 4.39 Å². The van der Waals surface area contributed by atoms with Crippen molar-refractivity contribution in [1.82, 2.24) is 19.5 Å². The molecule has 1 N–H and O–H groups in total. The van der Waals surface area contributed by atoms with Crippen LogP contribution >= 0.6 is 0 Å². The van der Waals surface area contributed by atoms with E-state index < -0.39 is 6.67 Å². The van der Waals surface area contributed by atoms with Crippen molar-refractivity contribution >= 4 is 11.2 Å². The number of imidazole rings is 1. The van der Waals surface area contributed by atoms with Crippen LogP contribution < -0.4 is 0 Å². The van der Waals surface area contributed by atoms with Crippen LogP contribution in [0.3, 0.4) is 0 Å². The molecule has 0 saturated heterocycles. The summed E-state index contributed by atoms with van der Waals surface area (Å²) in [5.74, 6) is -0.422. The summed E-state index contributed by atoms with van der Waals surface area (Å²) < 4.78 is 14.9. The molecule has 0 unspecified atom stereocenters. The monoisotopic (exact) mass is 248 g/mol. The van der Waals surface area contributed by atoms with E-state index in [9.17, 15) is 9.50 Å². The zero-order valence-electron chi connectivity index (χ0n) is 9.70. The highest BCUT2D eigenvalue weighted by Crippen LogP contribution is 2.48. The maximum Gasteiger partial charge on any atom is 0.163 e. The van der Waals surface area contributed by atoms with E-state index in [0.29, 0.717) is 11.2 Å². The fraction of sp³-hybridized carbons (Fsp3) is 0.417. The van der Waals surface area contributed by atoms with Crippen LogP contribution in [-0.4, -0.2) is 37.9 Å². The summed E-state index contributed by atoms with van der Waals surface area (Å²) >= 11 is 0. The summed E-state index contributed by atoms with van der Waals surface area (Å²) in [6.07, 6.45) is 4.69. The van der Waals surface area contributed by atoms with Crippen molar-refractivity contribution in [2.45, 2.75) is 6.04 Å². The molecule has 5 nitrogen and oxygen atoms in total. The average Bonchev–Trinajstić information content (AvgIpc) is 2.80. The number of alkyl halides is 1. The van der Waals surface area contributed by atoms with Crippen molar-refractivity contribution in [3.8, 4) is 0 Å². The third-order valence-electron chi connectivity index (χ3n) is 3.69. The molecule has 1 aliphatic rings. The number of aromatic nitrogens is 4. The van der Waals surface area contributed by atoms with Gasteiger partial charge in [-0.2, -0.15) is 0 Å². The van der Waals surface area contributed by atoms with Crippen molar-refractivity contribution in [2.75, 3.05) is 13.3 Å². The van der Waals surface area contributed by atoms with Crippen LogP contribution in [0.15, 0.2) is 31.0 Å². The van der Waals surface area contributed by atoms with Gasteiger partial charge in [-0.15, -0.1) is 0 Å². The molecule has 0 bridgehead atoms. The summed E-state index contributed by atoms with van der Waals surface area (Å²) in [7, 11) is 0. The van der Waals surface area contributed by atoms with E-state index in [0.717, 1.165) is 5.57 Å². The Morgan fingerprint density at radius 1 is 1.44 bits per heavy atom. The zero-order chi connectivity index (χ0) is 12.7. The molecule has 0 amide bonds. The molecule has 3 atom stereocenters. The minimum Gasteiger partial charge on any atom is -0.396 e. The average molecular weight is 248 g/mol. The first-order valence-corrected chi connectivity index (χ1v) is 5.76. The molecular formula is C12H13FN4O. The second-order valence-corrected chi connectivity index (χ2v) is 4.51. The highest BCUT2D eigenvalue weighted by atomic mass is 19.1. The third kappa shape index (κ3) is 1.38. The summed E-state index contributed by atoms with van der Waals surface area (Å²) in [4.78, 5) is 12.2. The minimum atomic E-state index is -0.486. The van der Waals surface area contributed by atoms with E-state index >= 15 is 0 Å². The lowest BCUT2D eigenvalue weighted by atomic mass is 9.66. The van der Waals surface area contributed by atoms with Gasteiger partial charge in [0.2, 0.25) is 0 Å². The van der Waals surface area contributed by atoms with E-state index in [1.54, 1.807) is 12.5 Å². The van der Waals surface area contributed by atoms with Crippen LogP contribution in [0.1, 0.15) is 6.04 Å². The van der Waals surface area contributed by atoms with Gasteiger partial charge in [0.1, 0.15) is 11.8 Å². The maximum absolute atomic E-state index is 13.1. The van der Waals surface area contributed by atoms with Gasteiger partial charge in [0.05, 0.1) is 31.8 Å². The highest BCUT2D eigenvalue weighted by molar-refractivity contribution is 5.69. The second-order valence-electron chi connectivity index (χ2n) is 4.51. The SMILES string of the molecule is C=C1[C@@H](n2cnc3cncnc32)[C@H](CF)[C@H]1CO. The Labute approximate surface area is 103 Å². The highest BCUT2D eigenvalue weighted by Gasteiger charge is 2.45. The molecule has 0 spiro atoms. The topological polar surface area (TPSA) is 63.8 Å². The molecule has 0 radical (unpaired) electrons. The number of fused-ring (bicyclic) bond motifs is 1. The van der Waals surface area contributed by atoms with Crippen molar-refractivity contribution in [1.29, 1.82) is 0 Å². The Balaban J connectivity index is 2.03. The molecule has 3 rings (SSSR count). The van der Waals surface area contributed by atoms with Crippen LogP contribution in [0.5, 0.6) is 0 Å². The summed E-state index contributed by atoms with van der Waals surface area (Å²) in [5.41, 5.74) is 2.18. The van der Waals surface area contributed by atoms with Gasteiger partial charge in [0, 0.05) is 11.8 Å². The number of halogens is 1. The fourth-order valence-electron chi connectivity index (χ4n) is 2.69. The Bertz CT molecular complexity index is 597. The molecular weight excluding hydrogens is 235 g/mol. The molecule has 2 aromatic rings. The first kappa shape index (κ1) is 11.3. The predicted molar refractivity (Wildman–Crippen MR) is 63.5 cm³/mol. The zero-order valence-corrected chi connectivity index (χ0v) is 9.70. The number of hydrogen-bond donors (Lipinski definition) is 1. The Hall–Kier alpha value is -1.82. The van der Waals surface area contributed by atoms with Crippen molar-refractivity contribution in [3.63, 3.8) is 0 Å². The molecule has 1 fully saturated rings. The van der Waals surface area contributed by atoms with Gasteiger partial charge in [-0.1, -0.05) is 6.58 Å². The second kappa shape index (κ2) is 4.13. The number of hydrogen-bond acceptors (Lipinski definition) is 4. The Morgan fingerprint density at radius 3 is 3.00 bits per heavy atom. The molecule has 2 heterocycles. The first-order valence-electron chi connectivity index (χ1n) is 5.76. The van der Waals surface area contributed by atoms with Gasteiger partial charge >= 0.3 is 0 Å². The number of nitrogens with zero attached hydrogens (tertiary/aromatic N) is 4. The lowest BCUT2D eigenvalue weighted by molar-refractivity contribution is 0.0826. The summed E-state index contributed by atoms with van der Waals surface area (Å²) in [6.45, 7) is 3.39. The normalized spacial score (nSPS) is 27.4. The fourth-order valence-corrected chi connectivity index (χ4v) is 2.69. The number of aliphatic hydroxyl groups is 1. The van der Waals surface area contributed by atoms with E-state index in [1.165, 1.54) is 6.33 Å². The molecule has 1 aliphatic carbocycles. The van der Waals surface area contributed by atoms with E-state index in [4.69, 9.17) is 0 Å². The molecule has 6 heteroatoms. The lowest BCUT2D eigenvalue weighted by Crippen LogP contribution is -2.43. The molecule has 2 aromatic heterocycles. The maximum atomic E-state index is 13.1. The van der Waals surface area contributed by atoms with Gasteiger partial charge in [-0.3, -0.25) is 4.39 Å². The third-order valence-corrected chi connectivity index (χ3v) is 3.69. The standard InChI is InChI=1S/C12H13FN4O/c1-7-9(4-18)8(2-13)11(7)17-6-16-10-3-14-5-15-12(10)17/h3,5-6,8-9,11,18H,1-2,4H2/t8-,9+,11-/m1/s1.